The minimum Gasteiger partial charge on any atom is -0.394 e. The number of hydroxylamine groups is 1. The Kier molecular flexibility index (Phi) is 8.31. The van der Waals surface area contributed by atoms with Gasteiger partial charge in [-0.1, -0.05) is 11.6 Å². The molecule has 0 aromatic heterocycles. The van der Waals surface area contributed by atoms with Crippen LogP contribution in [0, 0.1) is 21.0 Å². The molecule has 1 atom stereocenters. The van der Waals surface area contributed by atoms with E-state index >= 15 is 0 Å². The summed E-state index contributed by atoms with van der Waals surface area (Å²) < 4.78 is 42.9. The number of rotatable bonds is 8. The number of aliphatic hydroxyl groups is 2. The minimum absolute atomic E-state index is 0.0221. The normalized spacial score (nSPS) is 12.0. The van der Waals surface area contributed by atoms with E-state index in [1.165, 1.54) is 18.2 Å². The molecule has 0 aliphatic carbocycles. The number of carbonyl (C=O) groups is 1. The molecule has 0 aliphatic rings. The molecular weight excluding hydrogens is 516 g/mol. The van der Waals surface area contributed by atoms with Gasteiger partial charge < -0.3 is 15.5 Å². The van der Waals surface area contributed by atoms with Gasteiger partial charge in [-0.05, 0) is 46.9 Å². The zero-order valence-electron chi connectivity index (χ0n) is 14.1. The molecule has 1 unspecified atom stereocenters. The lowest BCUT2D eigenvalue weighted by Crippen LogP contribution is -2.27. The van der Waals surface area contributed by atoms with Crippen molar-refractivity contribution in [1.82, 2.24) is 5.48 Å². The lowest BCUT2D eigenvalue weighted by molar-refractivity contribution is 0.00704. The second-order valence-corrected chi connectivity index (χ2v) is 7.22. The zero-order valence-corrected chi connectivity index (χ0v) is 17.0. The van der Waals surface area contributed by atoms with E-state index in [4.69, 9.17) is 21.5 Å². The number of hydrogen-bond donors (Lipinski definition) is 4. The fourth-order valence-electron chi connectivity index (χ4n) is 2.08. The number of amides is 1. The van der Waals surface area contributed by atoms with E-state index in [0.29, 0.717) is 3.57 Å². The van der Waals surface area contributed by atoms with Crippen molar-refractivity contribution < 1.29 is 33.0 Å². The third-order valence-electron chi connectivity index (χ3n) is 3.53. The Hall–Kier alpha value is -1.60. The van der Waals surface area contributed by atoms with Crippen molar-refractivity contribution in [2.75, 3.05) is 18.5 Å². The molecule has 0 radical (unpaired) electrons. The van der Waals surface area contributed by atoms with E-state index in [1.54, 1.807) is 0 Å². The van der Waals surface area contributed by atoms with Crippen molar-refractivity contribution in [2.45, 2.75) is 12.5 Å². The third-order valence-corrected chi connectivity index (χ3v) is 4.47. The van der Waals surface area contributed by atoms with Crippen LogP contribution < -0.4 is 10.8 Å². The van der Waals surface area contributed by atoms with Crippen LogP contribution in [0.4, 0.5) is 24.5 Å². The Morgan fingerprint density at radius 2 is 1.96 bits per heavy atom. The number of anilines is 2. The van der Waals surface area contributed by atoms with Gasteiger partial charge in [0.2, 0.25) is 0 Å². The monoisotopic (exact) mass is 530 g/mol. The molecule has 0 heterocycles. The molecular formula is C17H15ClF3IN2O4. The largest absolute Gasteiger partial charge is 0.394 e. The Morgan fingerprint density at radius 1 is 1.25 bits per heavy atom. The maximum atomic E-state index is 14.4. The molecule has 6 nitrogen and oxygen atoms in total. The number of nitrogens with one attached hydrogen (secondary N) is 2. The summed E-state index contributed by atoms with van der Waals surface area (Å²) in [4.78, 5) is 17.1. The standard InChI is InChI=1S/C17H15ClF3IN2O4/c18-11-6-10(17(27)24-28-4-3-9(26)7-25)16(15(21)14(11)20)23-13-2-1-8(22)5-12(13)19/h1-2,5-6,9,23,25-26H,3-4,7H2,(H,24,27). The molecule has 2 aromatic carbocycles. The van der Waals surface area contributed by atoms with Gasteiger partial charge in [-0.3, -0.25) is 9.63 Å². The van der Waals surface area contributed by atoms with Crippen molar-refractivity contribution in [2.24, 2.45) is 0 Å². The predicted molar refractivity (Wildman–Crippen MR) is 105 cm³/mol. The summed E-state index contributed by atoms with van der Waals surface area (Å²) in [5, 5.41) is 19.6. The summed E-state index contributed by atoms with van der Waals surface area (Å²) in [7, 11) is 0. The van der Waals surface area contributed by atoms with E-state index in [9.17, 15) is 23.1 Å². The van der Waals surface area contributed by atoms with Crippen LogP contribution in [-0.2, 0) is 4.84 Å². The fourth-order valence-corrected chi connectivity index (χ4v) is 2.72. The summed E-state index contributed by atoms with van der Waals surface area (Å²) in [6, 6.07) is 4.87. The van der Waals surface area contributed by atoms with Gasteiger partial charge in [0.15, 0.2) is 11.6 Å². The van der Waals surface area contributed by atoms with Gasteiger partial charge in [-0.15, -0.1) is 0 Å². The van der Waals surface area contributed by atoms with E-state index in [2.05, 4.69) is 5.32 Å². The second kappa shape index (κ2) is 10.3. The molecule has 1 amide bonds. The Labute approximate surface area is 176 Å². The van der Waals surface area contributed by atoms with Crippen molar-refractivity contribution in [3.63, 3.8) is 0 Å². The molecule has 0 saturated carbocycles. The zero-order chi connectivity index (χ0) is 20.8. The first kappa shape index (κ1) is 22.7. The highest BCUT2D eigenvalue weighted by atomic mass is 127. The third kappa shape index (κ3) is 5.70. The molecule has 152 valence electrons. The van der Waals surface area contributed by atoms with Crippen LogP contribution in [0.2, 0.25) is 5.02 Å². The summed E-state index contributed by atoms with van der Waals surface area (Å²) in [6.45, 7) is -0.634. The number of benzene rings is 2. The Balaban J connectivity index is 2.26. The van der Waals surface area contributed by atoms with Crippen LogP contribution in [0.15, 0.2) is 24.3 Å². The quantitative estimate of drug-likeness (QED) is 0.182. The van der Waals surface area contributed by atoms with Crippen LogP contribution in [0.25, 0.3) is 0 Å². The van der Waals surface area contributed by atoms with Gasteiger partial charge >= 0.3 is 0 Å². The molecule has 0 fully saturated rings. The molecule has 4 N–H and O–H groups in total. The number of aliphatic hydroxyl groups excluding tert-OH is 2. The van der Waals surface area contributed by atoms with Crippen LogP contribution in [0.5, 0.6) is 0 Å². The molecule has 28 heavy (non-hydrogen) atoms. The van der Waals surface area contributed by atoms with Gasteiger partial charge in [0.05, 0.1) is 41.3 Å². The van der Waals surface area contributed by atoms with Crippen molar-refractivity contribution in [3.8, 4) is 0 Å². The maximum absolute atomic E-state index is 14.4. The topological polar surface area (TPSA) is 90.8 Å². The number of hydrogen-bond acceptors (Lipinski definition) is 5. The van der Waals surface area contributed by atoms with Crippen molar-refractivity contribution in [3.05, 3.63) is 55.9 Å². The van der Waals surface area contributed by atoms with Gasteiger partial charge in [0.1, 0.15) is 5.82 Å². The van der Waals surface area contributed by atoms with Crippen molar-refractivity contribution >= 4 is 51.5 Å². The van der Waals surface area contributed by atoms with Gasteiger partial charge in [0, 0.05) is 9.99 Å². The fraction of sp³-hybridized carbons (Fsp3) is 0.235. The highest BCUT2D eigenvalue weighted by Crippen LogP contribution is 2.32. The first-order valence-corrected chi connectivity index (χ1v) is 9.30. The van der Waals surface area contributed by atoms with E-state index < -0.39 is 52.3 Å². The minimum atomic E-state index is -1.47. The predicted octanol–water partition coefficient (Wildman–Crippen LogP) is 3.51. The van der Waals surface area contributed by atoms with Crippen LogP contribution in [-0.4, -0.2) is 35.4 Å². The summed E-state index contributed by atoms with van der Waals surface area (Å²) in [5.74, 6) is -4.58. The summed E-state index contributed by atoms with van der Waals surface area (Å²) in [5.41, 5.74) is 0.756. The van der Waals surface area contributed by atoms with Gasteiger partial charge in [0.25, 0.3) is 5.91 Å². The molecule has 0 aliphatic heterocycles. The van der Waals surface area contributed by atoms with E-state index in [0.717, 1.165) is 6.07 Å². The molecule has 11 heteroatoms. The SMILES string of the molecule is O=C(NOCCC(O)CO)c1cc(Cl)c(F)c(F)c1Nc1ccc(I)cc1F. The van der Waals surface area contributed by atoms with Crippen LogP contribution >= 0.6 is 34.2 Å². The average molecular weight is 531 g/mol. The first-order chi connectivity index (χ1) is 13.2. The van der Waals surface area contributed by atoms with Crippen LogP contribution in [0.1, 0.15) is 16.8 Å². The lowest BCUT2D eigenvalue weighted by atomic mass is 10.1. The summed E-state index contributed by atoms with van der Waals surface area (Å²) in [6.07, 6.45) is -1.01. The molecule has 2 rings (SSSR count). The Bertz CT molecular complexity index is 873. The van der Waals surface area contributed by atoms with Gasteiger partial charge in [-0.25, -0.2) is 18.7 Å². The van der Waals surface area contributed by atoms with Crippen molar-refractivity contribution in [1.29, 1.82) is 0 Å². The number of halogens is 5. The highest BCUT2D eigenvalue weighted by Gasteiger charge is 2.23. The number of carbonyl (C=O) groups excluding carboxylic acids is 1. The molecule has 0 saturated heterocycles. The molecule has 0 spiro atoms. The average Bonchev–Trinajstić information content (AvgIpc) is 2.66. The Morgan fingerprint density at radius 3 is 2.61 bits per heavy atom. The molecule has 0 bridgehead atoms. The first-order valence-electron chi connectivity index (χ1n) is 7.85. The highest BCUT2D eigenvalue weighted by molar-refractivity contribution is 14.1. The van der Waals surface area contributed by atoms with E-state index in [1.807, 2.05) is 28.1 Å². The van der Waals surface area contributed by atoms with Crippen LogP contribution in [0.3, 0.4) is 0 Å². The smallest absolute Gasteiger partial charge is 0.277 e. The lowest BCUT2D eigenvalue weighted by Gasteiger charge is -2.15. The summed E-state index contributed by atoms with van der Waals surface area (Å²) >= 11 is 7.49. The second-order valence-electron chi connectivity index (χ2n) is 5.56. The van der Waals surface area contributed by atoms with E-state index in [-0.39, 0.29) is 18.7 Å². The maximum Gasteiger partial charge on any atom is 0.277 e. The van der Waals surface area contributed by atoms with Gasteiger partial charge in [-0.2, -0.15) is 0 Å². The molecule has 2 aromatic rings.